The molecule has 154 valence electrons. The minimum Gasteiger partial charge on any atom is -0.390 e. The first-order chi connectivity index (χ1) is 13.4. The molecule has 1 saturated carbocycles. The Morgan fingerprint density at radius 1 is 1.32 bits per heavy atom. The molecular weight excluding hydrogens is 380 g/mol. The van der Waals surface area contributed by atoms with Crippen molar-refractivity contribution in [2.45, 2.75) is 29.9 Å². The van der Waals surface area contributed by atoms with Crippen LogP contribution in [0, 0.1) is 5.92 Å². The lowest BCUT2D eigenvalue weighted by atomic mass is 9.81. The number of hydrogen-bond donors (Lipinski definition) is 4. The van der Waals surface area contributed by atoms with Crippen molar-refractivity contribution < 1.29 is 19.7 Å². The number of amides is 1. The molecule has 28 heavy (non-hydrogen) atoms. The minimum atomic E-state index is -0.976. The number of methoxy groups -OCH3 is 1. The predicted molar refractivity (Wildman–Crippen MR) is 112 cm³/mol. The Labute approximate surface area is 169 Å². The van der Waals surface area contributed by atoms with Crippen molar-refractivity contribution in [3.63, 3.8) is 0 Å². The molecule has 0 aromatic heterocycles. The number of aliphatic imine (C=N–C) groups is 1. The van der Waals surface area contributed by atoms with Crippen LogP contribution in [-0.4, -0.2) is 79.1 Å². The number of aliphatic hydroxyl groups excluding tert-OH is 2. The first-order valence-electron chi connectivity index (χ1n) is 9.32. The molecule has 9 heteroatoms. The molecule has 0 spiro atoms. The number of amidine groups is 1. The number of thioether (sulfide) groups is 1. The molecule has 1 aliphatic heterocycles. The zero-order chi connectivity index (χ0) is 20.3. The molecule has 1 heterocycles. The van der Waals surface area contributed by atoms with Crippen LogP contribution in [0.1, 0.15) is 6.42 Å². The van der Waals surface area contributed by atoms with Crippen molar-refractivity contribution in [3.8, 4) is 0 Å². The number of rotatable bonds is 6. The molecule has 1 aromatic rings. The van der Waals surface area contributed by atoms with E-state index in [4.69, 9.17) is 4.74 Å². The van der Waals surface area contributed by atoms with E-state index < -0.39 is 24.2 Å². The summed E-state index contributed by atoms with van der Waals surface area (Å²) in [7, 11) is 5.54. The van der Waals surface area contributed by atoms with Crippen molar-refractivity contribution in [2.24, 2.45) is 10.9 Å². The van der Waals surface area contributed by atoms with Gasteiger partial charge in [0.1, 0.15) is 6.10 Å². The molecule has 8 nitrogen and oxygen atoms in total. The highest BCUT2D eigenvalue weighted by atomic mass is 32.2. The Kier molecular flexibility index (Phi) is 6.82. The lowest BCUT2D eigenvalue weighted by Gasteiger charge is -2.37. The van der Waals surface area contributed by atoms with Gasteiger partial charge < -0.3 is 30.5 Å². The lowest BCUT2D eigenvalue weighted by Crippen LogP contribution is -2.54. The zero-order valence-corrected chi connectivity index (χ0v) is 17.1. The van der Waals surface area contributed by atoms with Crippen LogP contribution in [-0.2, 0) is 9.53 Å². The van der Waals surface area contributed by atoms with E-state index in [1.54, 1.807) is 7.11 Å². The fraction of sp³-hybridized carbons (Fsp3) is 0.579. The number of fused-ring (bicyclic) bond motifs is 1. The summed E-state index contributed by atoms with van der Waals surface area (Å²) >= 11 is 1.45. The van der Waals surface area contributed by atoms with Gasteiger partial charge in [0.25, 0.3) is 0 Å². The summed E-state index contributed by atoms with van der Waals surface area (Å²) in [5.41, 5.74) is 1.97. The van der Waals surface area contributed by atoms with E-state index in [2.05, 4.69) is 15.6 Å². The second-order valence-electron chi connectivity index (χ2n) is 7.26. The molecule has 0 unspecified atom stereocenters. The van der Waals surface area contributed by atoms with Gasteiger partial charge in [-0.3, -0.25) is 9.79 Å². The van der Waals surface area contributed by atoms with Crippen LogP contribution in [0.4, 0.5) is 11.4 Å². The van der Waals surface area contributed by atoms with E-state index in [0.29, 0.717) is 18.3 Å². The third-order valence-corrected chi connectivity index (χ3v) is 6.37. The highest BCUT2D eigenvalue weighted by molar-refractivity contribution is 8.15. The van der Waals surface area contributed by atoms with Gasteiger partial charge in [0.2, 0.25) is 5.91 Å². The number of anilines is 2. The van der Waals surface area contributed by atoms with E-state index in [1.165, 1.54) is 11.8 Å². The summed E-state index contributed by atoms with van der Waals surface area (Å²) in [6, 6.07) is 7.40. The fourth-order valence-corrected chi connectivity index (χ4v) is 4.86. The lowest BCUT2D eigenvalue weighted by molar-refractivity contribution is -0.129. The quantitative estimate of drug-likeness (QED) is 0.508. The molecule has 1 amide bonds. The van der Waals surface area contributed by atoms with Crippen molar-refractivity contribution in [1.82, 2.24) is 5.32 Å². The Morgan fingerprint density at radius 3 is 2.68 bits per heavy atom. The van der Waals surface area contributed by atoms with Crippen molar-refractivity contribution in [1.29, 1.82) is 0 Å². The van der Waals surface area contributed by atoms with Crippen LogP contribution >= 0.6 is 11.8 Å². The molecular formula is C19H28N4O4S. The van der Waals surface area contributed by atoms with Gasteiger partial charge in [-0.2, -0.15) is 0 Å². The second kappa shape index (κ2) is 9.13. The Bertz CT molecular complexity index is 712. The molecule has 4 N–H and O–H groups in total. The maximum atomic E-state index is 12.6. The third-order valence-electron chi connectivity index (χ3n) is 5.06. The number of carbonyl (C=O) groups is 1. The van der Waals surface area contributed by atoms with Crippen LogP contribution in [0.5, 0.6) is 0 Å². The molecule has 1 aromatic carbocycles. The van der Waals surface area contributed by atoms with E-state index >= 15 is 0 Å². The van der Waals surface area contributed by atoms with Crippen LogP contribution in [0.25, 0.3) is 0 Å². The number of hydrogen-bond acceptors (Lipinski definition) is 8. The number of carbonyl (C=O) groups excluding carboxylic acids is 1. The van der Waals surface area contributed by atoms with E-state index in [9.17, 15) is 15.0 Å². The molecule has 0 saturated heterocycles. The summed E-state index contributed by atoms with van der Waals surface area (Å²) < 4.78 is 4.97. The smallest absolute Gasteiger partial charge is 0.224 e. The highest BCUT2D eigenvalue weighted by Gasteiger charge is 2.50. The number of benzene rings is 1. The molecule has 0 bridgehead atoms. The van der Waals surface area contributed by atoms with Gasteiger partial charge in [0.05, 0.1) is 24.7 Å². The number of nitrogens with one attached hydrogen (secondary N) is 2. The Hall–Kier alpha value is -1.81. The van der Waals surface area contributed by atoms with Gasteiger partial charge in [0.15, 0.2) is 5.17 Å². The standard InChI is InChI=1S/C19H28N4O4S/c1-23(2)12-6-4-11(5-7-12)21-19-22-15-16(25)14(24)10-13(17(15)28-19)18(26)20-8-9-27-3/h4-7,13-17,24-25H,8-10H2,1-3H3,(H,20,26)(H,21,22)/t13-,14+,15-,16-,17+/m0/s1. The molecule has 5 atom stereocenters. The van der Waals surface area contributed by atoms with Crippen LogP contribution in [0.15, 0.2) is 29.3 Å². The first-order valence-corrected chi connectivity index (χ1v) is 10.2. The summed E-state index contributed by atoms with van der Waals surface area (Å²) in [6.07, 6.45) is -1.73. The van der Waals surface area contributed by atoms with Gasteiger partial charge >= 0.3 is 0 Å². The number of aliphatic hydroxyl groups is 2. The minimum absolute atomic E-state index is 0.141. The van der Waals surface area contributed by atoms with Gasteiger partial charge in [-0.05, 0) is 30.7 Å². The van der Waals surface area contributed by atoms with Crippen molar-refractivity contribution in [2.75, 3.05) is 44.6 Å². The summed E-state index contributed by atoms with van der Waals surface area (Å²) in [6.45, 7) is 0.841. The first kappa shape index (κ1) is 20.9. The molecule has 0 radical (unpaired) electrons. The van der Waals surface area contributed by atoms with E-state index in [1.807, 2.05) is 43.3 Å². The molecule has 2 aliphatic rings. The largest absolute Gasteiger partial charge is 0.390 e. The highest BCUT2D eigenvalue weighted by Crippen LogP contribution is 2.41. The van der Waals surface area contributed by atoms with Crippen LogP contribution in [0.2, 0.25) is 0 Å². The number of nitrogens with zero attached hydrogens (tertiary/aromatic N) is 2. The van der Waals surface area contributed by atoms with Gasteiger partial charge in [0, 0.05) is 44.4 Å². The monoisotopic (exact) mass is 408 g/mol. The van der Waals surface area contributed by atoms with Gasteiger partial charge in [-0.1, -0.05) is 11.8 Å². The van der Waals surface area contributed by atoms with Crippen molar-refractivity contribution in [3.05, 3.63) is 24.3 Å². The van der Waals surface area contributed by atoms with Gasteiger partial charge in [-0.25, -0.2) is 0 Å². The van der Waals surface area contributed by atoms with Crippen LogP contribution < -0.4 is 15.5 Å². The Morgan fingerprint density at radius 2 is 2.04 bits per heavy atom. The average molecular weight is 409 g/mol. The maximum Gasteiger partial charge on any atom is 0.224 e. The topological polar surface area (TPSA) is 106 Å². The normalized spacial score (nSPS) is 29.0. The molecule has 1 aliphatic carbocycles. The second-order valence-corrected chi connectivity index (χ2v) is 8.42. The summed E-state index contributed by atoms with van der Waals surface area (Å²) in [4.78, 5) is 19.2. The molecule has 3 rings (SSSR count). The third kappa shape index (κ3) is 4.60. The Balaban J connectivity index is 1.69. The fourth-order valence-electron chi connectivity index (χ4n) is 3.48. The van der Waals surface area contributed by atoms with Crippen LogP contribution in [0.3, 0.4) is 0 Å². The SMILES string of the molecule is COCCNC(=O)[C@H]1C[C@@H](O)[C@H](O)[C@@H]2N=C(Nc3ccc(N(C)C)cc3)S[C@@H]21. The van der Waals surface area contributed by atoms with E-state index in [-0.39, 0.29) is 17.6 Å². The van der Waals surface area contributed by atoms with Crippen molar-refractivity contribution >= 4 is 34.2 Å². The van der Waals surface area contributed by atoms with Gasteiger partial charge in [-0.15, -0.1) is 0 Å². The predicted octanol–water partition coefficient (Wildman–Crippen LogP) is 0.509. The zero-order valence-electron chi connectivity index (χ0n) is 16.3. The molecule has 1 fully saturated rings. The van der Waals surface area contributed by atoms with E-state index in [0.717, 1.165) is 11.4 Å². The number of ether oxygens (including phenoxy) is 1. The summed E-state index contributed by atoms with van der Waals surface area (Å²) in [5, 5.41) is 27.1. The maximum absolute atomic E-state index is 12.6. The summed E-state index contributed by atoms with van der Waals surface area (Å²) in [5.74, 6) is -0.568. The average Bonchev–Trinajstić information content (AvgIpc) is 3.09.